The summed E-state index contributed by atoms with van der Waals surface area (Å²) >= 11 is 0. The Kier molecular flexibility index (Phi) is 1.66. The number of hydrogen-bond acceptors (Lipinski definition) is 2. The third-order valence-corrected chi connectivity index (χ3v) is 4.23. The highest BCUT2D eigenvalue weighted by Gasteiger charge is 2.65. The first-order chi connectivity index (χ1) is 5.88. The van der Waals surface area contributed by atoms with Gasteiger partial charge in [0.15, 0.2) is 0 Å². The summed E-state index contributed by atoms with van der Waals surface area (Å²) in [4.78, 5) is 13.6. The van der Waals surface area contributed by atoms with Gasteiger partial charge in [0.25, 0.3) is 0 Å². The molecule has 0 bridgehead atoms. The molecule has 2 atom stereocenters. The van der Waals surface area contributed by atoms with Gasteiger partial charge in [0.1, 0.15) is 5.78 Å². The molecule has 1 aliphatic carbocycles. The van der Waals surface area contributed by atoms with Crippen LogP contribution in [-0.4, -0.2) is 30.3 Å². The minimum atomic E-state index is 0.196. The summed E-state index contributed by atoms with van der Waals surface area (Å²) in [7, 11) is 2.08. The van der Waals surface area contributed by atoms with Crippen LogP contribution in [0.5, 0.6) is 0 Å². The van der Waals surface area contributed by atoms with E-state index in [4.69, 9.17) is 0 Å². The zero-order chi connectivity index (χ0) is 9.85. The average Bonchev–Trinajstić information content (AvgIpc) is 2.36. The molecule has 1 saturated heterocycles. The Hall–Kier alpha value is -0.370. The third-order valence-electron chi connectivity index (χ3n) is 4.23. The van der Waals surface area contributed by atoms with E-state index >= 15 is 0 Å². The van der Waals surface area contributed by atoms with Crippen LogP contribution in [0.4, 0.5) is 0 Å². The predicted octanol–water partition coefficient (Wildman–Crippen LogP) is 1.70. The molecule has 0 N–H and O–H groups in total. The molecule has 0 radical (unpaired) electrons. The summed E-state index contributed by atoms with van der Waals surface area (Å²) in [5, 5.41) is 0. The summed E-state index contributed by atoms with van der Waals surface area (Å²) in [5.74, 6) is 0.335. The van der Waals surface area contributed by atoms with Crippen LogP contribution in [0.1, 0.15) is 33.6 Å². The summed E-state index contributed by atoms with van der Waals surface area (Å²) in [6.45, 7) is 7.48. The SMILES string of the molecule is CC(=O)C1C[C@@]2(CN1C)CC2(C)C. The molecule has 1 heterocycles. The molecule has 2 rings (SSSR count). The van der Waals surface area contributed by atoms with E-state index in [1.165, 1.54) is 6.42 Å². The number of Topliss-reactive ketones (excluding diaryl/α,β-unsaturated/α-hetero) is 1. The molecule has 2 nitrogen and oxygen atoms in total. The molecule has 0 aromatic carbocycles. The van der Waals surface area contributed by atoms with E-state index in [1.54, 1.807) is 6.92 Å². The number of carbonyl (C=O) groups excluding carboxylic acids is 1. The van der Waals surface area contributed by atoms with Gasteiger partial charge in [-0.05, 0) is 37.6 Å². The van der Waals surface area contributed by atoms with Crippen molar-refractivity contribution in [2.24, 2.45) is 10.8 Å². The molecule has 2 aliphatic rings. The Balaban J connectivity index is 2.13. The van der Waals surface area contributed by atoms with E-state index < -0.39 is 0 Å². The lowest BCUT2D eigenvalue weighted by Crippen LogP contribution is -2.30. The van der Waals surface area contributed by atoms with Crippen molar-refractivity contribution in [3.63, 3.8) is 0 Å². The van der Waals surface area contributed by atoms with Gasteiger partial charge in [-0.1, -0.05) is 13.8 Å². The van der Waals surface area contributed by atoms with Gasteiger partial charge in [0, 0.05) is 6.54 Å². The highest BCUT2D eigenvalue weighted by Crippen LogP contribution is 2.68. The number of likely N-dealkylation sites (N-methyl/N-ethyl adjacent to an activating group) is 1. The van der Waals surface area contributed by atoms with Crippen molar-refractivity contribution < 1.29 is 4.79 Å². The van der Waals surface area contributed by atoms with E-state index in [0.29, 0.717) is 16.6 Å². The van der Waals surface area contributed by atoms with Crippen molar-refractivity contribution in [2.45, 2.75) is 39.7 Å². The van der Waals surface area contributed by atoms with Gasteiger partial charge in [-0.3, -0.25) is 9.69 Å². The second-order valence-corrected chi connectivity index (χ2v) is 5.59. The minimum Gasteiger partial charge on any atom is -0.298 e. The lowest BCUT2D eigenvalue weighted by molar-refractivity contribution is -0.120. The van der Waals surface area contributed by atoms with Crippen molar-refractivity contribution in [2.75, 3.05) is 13.6 Å². The van der Waals surface area contributed by atoms with E-state index in [-0.39, 0.29) is 6.04 Å². The van der Waals surface area contributed by atoms with Crippen LogP contribution < -0.4 is 0 Å². The number of rotatable bonds is 1. The average molecular weight is 181 g/mol. The molecule has 74 valence electrons. The lowest BCUT2D eigenvalue weighted by atomic mass is 9.92. The molecule has 1 unspecified atom stereocenters. The zero-order valence-electron chi connectivity index (χ0n) is 9.05. The van der Waals surface area contributed by atoms with Crippen LogP contribution in [0.25, 0.3) is 0 Å². The molecule has 0 amide bonds. The fourth-order valence-corrected chi connectivity index (χ4v) is 3.05. The van der Waals surface area contributed by atoms with Crippen molar-refractivity contribution in [3.8, 4) is 0 Å². The Labute approximate surface area is 80.3 Å². The molecule has 13 heavy (non-hydrogen) atoms. The summed E-state index contributed by atoms with van der Waals surface area (Å²) in [6, 6.07) is 0.196. The summed E-state index contributed by atoms with van der Waals surface area (Å²) in [6.07, 6.45) is 2.39. The molecule has 1 aliphatic heterocycles. The second kappa shape index (κ2) is 2.35. The largest absolute Gasteiger partial charge is 0.298 e. The first-order valence-electron chi connectivity index (χ1n) is 5.09. The number of carbonyl (C=O) groups is 1. The second-order valence-electron chi connectivity index (χ2n) is 5.59. The van der Waals surface area contributed by atoms with E-state index in [0.717, 1.165) is 13.0 Å². The fourth-order valence-electron chi connectivity index (χ4n) is 3.05. The smallest absolute Gasteiger partial charge is 0.146 e. The molecule has 0 aromatic heterocycles. The Morgan fingerprint density at radius 3 is 2.23 bits per heavy atom. The van der Waals surface area contributed by atoms with Crippen LogP contribution in [-0.2, 0) is 4.79 Å². The maximum atomic E-state index is 11.3. The van der Waals surface area contributed by atoms with E-state index in [9.17, 15) is 4.79 Å². The van der Waals surface area contributed by atoms with Gasteiger partial charge in [0.2, 0.25) is 0 Å². The van der Waals surface area contributed by atoms with Gasteiger partial charge in [-0.25, -0.2) is 0 Å². The molecule has 2 fully saturated rings. The minimum absolute atomic E-state index is 0.196. The van der Waals surface area contributed by atoms with Gasteiger partial charge in [0.05, 0.1) is 6.04 Å². The van der Waals surface area contributed by atoms with Crippen LogP contribution in [0.3, 0.4) is 0 Å². The van der Waals surface area contributed by atoms with Gasteiger partial charge in [-0.15, -0.1) is 0 Å². The van der Waals surface area contributed by atoms with E-state index in [2.05, 4.69) is 25.8 Å². The van der Waals surface area contributed by atoms with E-state index in [1.807, 2.05) is 0 Å². The van der Waals surface area contributed by atoms with Crippen LogP contribution in [0.2, 0.25) is 0 Å². The van der Waals surface area contributed by atoms with Crippen molar-refractivity contribution in [3.05, 3.63) is 0 Å². The molecule has 2 heteroatoms. The summed E-state index contributed by atoms with van der Waals surface area (Å²) in [5.41, 5.74) is 0.948. The fraction of sp³-hybridized carbons (Fsp3) is 0.909. The normalized spacial score (nSPS) is 42.6. The van der Waals surface area contributed by atoms with Crippen LogP contribution in [0, 0.1) is 10.8 Å². The topological polar surface area (TPSA) is 20.3 Å². The van der Waals surface area contributed by atoms with Crippen LogP contribution in [0.15, 0.2) is 0 Å². The summed E-state index contributed by atoms with van der Waals surface area (Å²) < 4.78 is 0. The predicted molar refractivity (Wildman–Crippen MR) is 52.5 cm³/mol. The van der Waals surface area contributed by atoms with Crippen molar-refractivity contribution in [1.29, 1.82) is 0 Å². The molecular weight excluding hydrogens is 162 g/mol. The maximum absolute atomic E-state index is 11.3. The zero-order valence-corrected chi connectivity index (χ0v) is 9.05. The molecule has 1 spiro atoms. The monoisotopic (exact) mass is 181 g/mol. The first kappa shape index (κ1) is 9.20. The lowest BCUT2D eigenvalue weighted by Gasteiger charge is -2.15. The number of ketones is 1. The van der Waals surface area contributed by atoms with Crippen molar-refractivity contribution in [1.82, 2.24) is 4.90 Å². The Morgan fingerprint density at radius 2 is 2.00 bits per heavy atom. The van der Waals surface area contributed by atoms with Gasteiger partial charge in [-0.2, -0.15) is 0 Å². The third kappa shape index (κ3) is 1.15. The number of nitrogens with zero attached hydrogens (tertiary/aromatic N) is 1. The molecule has 0 aromatic rings. The van der Waals surface area contributed by atoms with Gasteiger partial charge < -0.3 is 0 Å². The standard InChI is InChI=1S/C11H19NO/c1-8(13)9-5-11(7-12(9)4)6-10(11,2)3/h9H,5-7H2,1-4H3/t9?,11-/m0/s1. The molecular formula is C11H19NO. The van der Waals surface area contributed by atoms with Crippen LogP contribution >= 0.6 is 0 Å². The Morgan fingerprint density at radius 1 is 1.46 bits per heavy atom. The molecule has 1 saturated carbocycles. The Bertz CT molecular complexity index is 259. The number of likely N-dealkylation sites (tertiary alicyclic amines) is 1. The van der Waals surface area contributed by atoms with Crippen molar-refractivity contribution >= 4 is 5.78 Å². The number of hydrogen-bond donors (Lipinski definition) is 0. The van der Waals surface area contributed by atoms with Gasteiger partial charge >= 0.3 is 0 Å². The first-order valence-corrected chi connectivity index (χ1v) is 5.09. The maximum Gasteiger partial charge on any atom is 0.146 e. The highest BCUT2D eigenvalue weighted by atomic mass is 16.1. The quantitative estimate of drug-likeness (QED) is 0.613. The highest BCUT2D eigenvalue weighted by molar-refractivity contribution is 5.82.